The van der Waals surface area contributed by atoms with E-state index in [4.69, 9.17) is 16.3 Å². The van der Waals surface area contributed by atoms with Crippen LogP contribution in [0, 0.1) is 17.1 Å². The summed E-state index contributed by atoms with van der Waals surface area (Å²) in [6.07, 6.45) is -0.611. The van der Waals surface area contributed by atoms with Gasteiger partial charge in [-0.05, 0) is 28.1 Å². The molecule has 1 fully saturated rings. The second-order valence-corrected chi connectivity index (χ2v) is 6.29. The van der Waals surface area contributed by atoms with Crippen molar-refractivity contribution in [2.45, 2.75) is 0 Å². The molecule has 0 aliphatic carbocycles. The third-order valence-electron chi connectivity index (χ3n) is 3.63. The van der Waals surface area contributed by atoms with Crippen molar-refractivity contribution in [2.24, 2.45) is 0 Å². The smallest absolute Gasteiger partial charge is 0.408 e. The van der Waals surface area contributed by atoms with Gasteiger partial charge in [-0.3, -0.25) is 0 Å². The molecule has 0 unspecified atom stereocenters. The van der Waals surface area contributed by atoms with E-state index in [9.17, 15) is 14.4 Å². The SMILES string of the molecule is N#Cc1c(Cl)nc2c(F)c(Br)ccc2c1OC(=O)N1CCNCC1. The van der Waals surface area contributed by atoms with Crippen molar-refractivity contribution in [2.75, 3.05) is 26.2 Å². The van der Waals surface area contributed by atoms with Crippen molar-refractivity contribution in [3.8, 4) is 11.8 Å². The quantitative estimate of drug-likeness (QED) is 0.727. The molecule has 1 aromatic carbocycles. The van der Waals surface area contributed by atoms with Crippen LogP contribution in [0.4, 0.5) is 9.18 Å². The van der Waals surface area contributed by atoms with E-state index in [-0.39, 0.29) is 31.8 Å². The molecule has 1 amide bonds. The number of benzene rings is 1. The summed E-state index contributed by atoms with van der Waals surface area (Å²) < 4.78 is 19.9. The highest BCUT2D eigenvalue weighted by Gasteiger charge is 2.24. The number of nitriles is 1. The van der Waals surface area contributed by atoms with Crippen LogP contribution in [0.25, 0.3) is 10.9 Å². The number of hydrogen-bond acceptors (Lipinski definition) is 5. The second kappa shape index (κ2) is 6.89. The molecule has 1 aliphatic rings. The van der Waals surface area contributed by atoms with Gasteiger partial charge in [0.05, 0.1) is 4.47 Å². The highest BCUT2D eigenvalue weighted by atomic mass is 79.9. The van der Waals surface area contributed by atoms with E-state index in [0.29, 0.717) is 26.2 Å². The van der Waals surface area contributed by atoms with Gasteiger partial charge < -0.3 is 15.0 Å². The van der Waals surface area contributed by atoms with Gasteiger partial charge >= 0.3 is 6.09 Å². The maximum Gasteiger partial charge on any atom is 0.415 e. The Balaban J connectivity index is 2.09. The van der Waals surface area contributed by atoms with E-state index in [2.05, 4.69) is 26.2 Å². The van der Waals surface area contributed by atoms with E-state index >= 15 is 0 Å². The van der Waals surface area contributed by atoms with Crippen LogP contribution in [0.5, 0.6) is 5.75 Å². The molecule has 0 saturated carbocycles. The molecule has 2 aromatic rings. The largest absolute Gasteiger partial charge is 0.415 e. The average molecular weight is 414 g/mol. The molecule has 1 N–H and O–H groups in total. The van der Waals surface area contributed by atoms with Crippen LogP contribution >= 0.6 is 27.5 Å². The lowest BCUT2D eigenvalue weighted by Crippen LogP contribution is -2.47. The fraction of sp³-hybridized carbons (Fsp3) is 0.267. The normalized spacial score (nSPS) is 14.5. The van der Waals surface area contributed by atoms with Crippen LogP contribution in [-0.2, 0) is 0 Å². The fourth-order valence-electron chi connectivity index (χ4n) is 2.42. The van der Waals surface area contributed by atoms with E-state index < -0.39 is 11.9 Å². The van der Waals surface area contributed by atoms with Gasteiger partial charge in [-0.1, -0.05) is 11.6 Å². The monoisotopic (exact) mass is 412 g/mol. The zero-order valence-corrected chi connectivity index (χ0v) is 14.6. The number of nitrogens with zero attached hydrogens (tertiary/aromatic N) is 3. The van der Waals surface area contributed by atoms with Crippen molar-refractivity contribution < 1.29 is 13.9 Å². The van der Waals surface area contributed by atoms with Crippen LogP contribution in [0.3, 0.4) is 0 Å². The van der Waals surface area contributed by atoms with Crippen LogP contribution in [-0.4, -0.2) is 42.2 Å². The fourth-order valence-corrected chi connectivity index (χ4v) is 2.95. The molecule has 0 bridgehead atoms. The van der Waals surface area contributed by atoms with Crippen LogP contribution in [0.15, 0.2) is 16.6 Å². The number of aromatic nitrogens is 1. The van der Waals surface area contributed by atoms with Crippen molar-refractivity contribution in [3.63, 3.8) is 0 Å². The Labute approximate surface area is 150 Å². The van der Waals surface area contributed by atoms with E-state index in [0.717, 1.165) is 0 Å². The van der Waals surface area contributed by atoms with Gasteiger partial charge in [-0.2, -0.15) is 5.26 Å². The Morgan fingerprint density at radius 3 is 2.83 bits per heavy atom. The van der Waals surface area contributed by atoms with Crippen LogP contribution < -0.4 is 10.1 Å². The molecule has 124 valence electrons. The first kappa shape index (κ1) is 16.9. The molecule has 0 atom stereocenters. The summed E-state index contributed by atoms with van der Waals surface area (Å²) in [5, 5.41) is 12.4. The minimum Gasteiger partial charge on any atom is -0.408 e. The third-order valence-corrected chi connectivity index (χ3v) is 4.52. The molecular formula is C15H11BrClFN4O2. The Kier molecular flexibility index (Phi) is 4.85. The lowest BCUT2D eigenvalue weighted by Gasteiger charge is -2.26. The van der Waals surface area contributed by atoms with Gasteiger partial charge in [0, 0.05) is 31.6 Å². The number of pyridine rings is 1. The van der Waals surface area contributed by atoms with Crippen LogP contribution in [0.2, 0.25) is 5.15 Å². The van der Waals surface area contributed by atoms with Crippen molar-refractivity contribution in [1.29, 1.82) is 5.26 Å². The summed E-state index contributed by atoms with van der Waals surface area (Å²) in [5.74, 6) is -0.721. The molecule has 1 aliphatic heterocycles. The zero-order valence-electron chi connectivity index (χ0n) is 12.3. The number of fused-ring (bicyclic) bond motifs is 1. The number of ether oxygens (including phenoxy) is 1. The Bertz CT molecular complexity index is 865. The first-order chi connectivity index (χ1) is 11.5. The predicted molar refractivity (Wildman–Crippen MR) is 89.6 cm³/mol. The first-order valence-corrected chi connectivity index (χ1v) is 8.24. The van der Waals surface area contributed by atoms with Crippen molar-refractivity contribution in [1.82, 2.24) is 15.2 Å². The summed E-state index contributed by atoms with van der Waals surface area (Å²) in [7, 11) is 0. The summed E-state index contributed by atoms with van der Waals surface area (Å²) in [6, 6.07) is 4.84. The number of nitrogens with one attached hydrogen (secondary N) is 1. The van der Waals surface area contributed by atoms with Gasteiger partial charge in [0.1, 0.15) is 17.1 Å². The zero-order chi connectivity index (χ0) is 17.3. The third kappa shape index (κ3) is 3.02. The molecule has 6 nitrogen and oxygen atoms in total. The highest BCUT2D eigenvalue weighted by Crippen LogP contribution is 2.36. The number of halogens is 3. The standard InChI is InChI=1S/C15H11BrClFN4O2/c16-10-2-1-8-12(11(10)18)21-14(17)9(7-19)13(8)24-15(23)22-5-3-20-4-6-22/h1-2,20H,3-6H2. The number of carbonyl (C=O) groups is 1. The van der Waals surface area contributed by atoms with Crippen molar-refractivity contribution in [3.05, 3.63) is 33.1 Å². The van der Waals surface area contributed by atoms with Gasteiger partial charge in [0.25, 0.3) is 0 Å². The number of piperazine rings is 1. The number of hydrogen-bond donors (Lipinski definition) is 1. The minimum atomic E-state index is -0.640. The van der Waals surface area contributed by atoms with Gasteiger partial charge in [-0.25, -0.2) is 14.2 Å². The Morgan fingerprint density at radius 2 is 2.17 bits per heavy atom. The van der Waals surface area contributed by atoms with E-state index in [1.54, 1.807) is 0 Å². The van der Waals surface area contributed by atoms with E-state index in [1.807, 2.05) is 6.07 Å². The Hall–Kier alpha value is -1.95. The molecule has 2 heterocycles. The van der Waals surface area contributed by atoms with E-state index in [1.165, 1.54) is 17.0 Å². The minimum absolute atomic E-state index is 0.0727. The number of rotatable bonds is 1. The van der Waals surface area contributed by atoms with Gasteiger partial charge in [0.2, 0.25) is 0 Å². The molecular weight excluding hydrogens is 403 g/mol. The van der Waals surface area contributed by atoms with Gasteiger partial charge in [0.15, 0.2) is 16.7 Å². The second-order valence-electron chi connectivity index (χ2n) is 5.08. The number of amides is 1. The summed E-state index contributed by atoms with van der Waals surface area (Å²) >= 11 is 9.04. The molecule has 9 heteroatoms. The maximum absolute atomic E-state index is 14.3. The first-order valence-electron chi connectivity index (χ1n) is 7.07. The maximum atomic E-state index is 14.3. The number of carbonyl (C=O) groups excluding carboxylic acids is 1. The molecule has 0 radical (unpaired) electrons. The molecule has 3 rings (SSSR count). The topological polar surface area (TPSA) is 78.2 Å². The molecule has 1 saturated heterocycles. The highest BCUT2D eigenvalue weighted by molar-refractivity contribution is 9.10. The van der Waals surface area contributed by atoms with Crippen molar-refractivity contribution >= 4 is 44.5 Å². The van der Waals surface area contributed by atoms with Gasteiger partial charge in [-0.15, -0.1) is 0 Å². The lowest BCUT2D eigenvalue weighted by molar-refractivity contribution is 0.146. The lowest BCUT2D eigenvalue weighted by atomic mass is 10.1. The predicted octanol–water partition coefficient (Wildman–Crippen LogP) is 3.07. The molecule has 0 spiro atoms. The Morgan fingerprint density at radius 1 is 1.46 bits per heavy atom. The summed E-state index contributed by atoms with van der Waals surface area (Å²) in [5.41, 5.74) is -0.175. The molecule has 1 aromatic heterocycles. The molecule has 24 heavy (non-hydrogen) atoms. The summed E-state index contributed by atoms with van der Waals surface area (Å²) in [6.45, 7) is 2.27. The van der Waals surface area contributed by atoms with Crippen LogP contribution in [0.1, 0.15) is 5.56 Å². The average Bonchev–Trinajstić information content (AvgIpc) is 2.59. The summed E-state index contributed by atoms with van der Waals surface area (Å²) in [4.78, 5) is 17.8.